The summed E-state index contributed by atoms with van der Waals surface area (Å²) in [4.78, 5) is 12.7. The molecular formula is C19H24N2O4S. The van der Waals surface area contributed by atoms with Crippen molar-refractivity contribution >= 4 is 27.3 Å². The molecule has 7 heteroatoms. The van der Waals surface area contributed by atoms with Gasteiger partial charge in [0.1, 0.15) is 5.75 Å². The highest BCUT2D eigenvalue weighted by molar-refractivity contribution is 7.92. The van der Waals surface area contributed by atoms with Gasteiger partial charge in [0.15, 0.2) is 0 Å². The van der Waals surface area contributed by atoms with Gasteiger partial charge in [0.2, 0.25) is 10.0 Å². The van der Waals surface area contributed by atoms with Gasteiger partial charge in [-0.25, -0.2) is 8.42 Å². The summed E-state index contributed by atoms with van der Waals surface area (Å²) in [5, 5.41) is 2.83. The van der Waals surface area contributed by atoms with E-state index >= 15 is 0 Å². The van der Waals surface area contributed by atoms with Gasteiger partial charge < -0.3 is 10.1 Å². The lowest BCUT2D eigenvalue weighted by molar-refractivity contribution is 0.102. The molecule has 2 aromatic rings. The summed E-state index contributed by atoms with van der Waals surface area (Å²) in [6.45, 7) is 5.58. The van der Waals surface area contributed by atoms with Crippen molar-refractivity contribution in [2.24, 2.45) is 0 Å². The number of amides is 1. The first kappa shape index (κ1) is 19.8. The second-order valence-electron chi connectivity index (χ2n) is 6.33. The number of benzene rings is 2. The second kappa shape index (κ2) is 7.78. The molecule has 0 radical (unpaired) electrons. The maximum atomic E-state index is 12.7. The first-order valence-electron chi connectivity index (χ1n) is 8.21. The molecule has 26 heavy (non-hydrogen) atoms. The maximum absolute atomic E-state index is 12.7. The van der Waals surface area contributed by atoms with Gasteiger partial charge in [-0.15, -0.1) is 0 Å². The zero-order chi connectivity index (χ0) is 19.5. The fourth-order valence-electron chi connectivity index (χ4n) is 2.51. The van der Waals surface area contributed by atoms with Crippen molar-refractivity contribution in [3.63, 3.8) is 0 Å². The lowest BCUT2D eigenvalue weighted by Crippen LogP contribution is -2.26. The smallest absolute Gasteiger partial charge is 0.256 e. The monoisotopic (exact) mass is 376 g/mol. The number of rotatable bonds is 6. The van der Waals surface area contributed by atoms with E-state index in [1.54, 1.807) is 43.3 Å². The van der Waals surface area contributed by atoms with Crippen molar-refractivity contribution in [1.29, 1.82) is 0 Å². The van der Waals surface area contributed by atoms with Crippen LogP contribution in [0.1, 0.15) is 29.8 Å². The Morgan fingerprint density at radius 2 is 1.81 bits per heavy atom. The summed E-state index contributed by atoms with van der Waals surface area (Å²) in [7, 11) is -1.95. The minimum absolute atomic E-state index is 0.0337. The molecular weight excluding hydrogens is 352 g/mol. The normalized spacial score (nSPS) is 11.3. The largest absolute Gasteiger partial charge is 0.491 e. The second-order valence-corrected chi connectivity index (χ2v) is 8.34. The Balaban J connectivity index is 2.28. The molecule has 0 aliphatic carbocycles. The Morgan fingerprint density at radius 3 is 2.42 bits per heavy atom. The molecule has 0 bridgehead atoms. The van der Waals surface area contributed by atoms with E-state index in [1.165, 1.54) is 7.05 Å². The Labute approximate surface area is 154 Å². The molecule has 0 aromatic heterocycles. The Morgan fingerprint density at radius 1 is 1.15 bits per heavy atom. The van der Waals surface area contributed by atoms with Gasteiger partial charge in [-0.05, 0) is 50.6 Å². The van der Waals surface area contributed by atoms with E-state index in [0.29, 0.717) is 28.3 Å². The van der Waals surface area contributed by atoms with Crippen LogP contribution in [0.25, 0.3) is 0 Å². The van der Waals surface area contributed by atoms with E-state index in [0.717, 1.165) is 10.6 Å². The average Bonchev–Trinajstić information content (AvgIpc) is 2.53. The van der Waals surface area contributed by atoms with Crippen LogP contribution in [0.3, 0.4) is 0 Å². The van der Waals surface area contributed by atoms with Crippen LogP contribution in [0, 0.1) is 6.92 Å². The van der Waals surface area contributed by atoms with Crippen LogP contribution in [-0.2, 0) is 10.0 Å². The van der Waals surface area contributed by atoms with Crippen LogP contribution < -0.4 is 14.4 Å². The van der Waals surface area contributed by atoms with E-state index in [4.69, 9.17) is 4.74 Å². The van der Waals surface area contributed by atoms with E-state index in [1.807, 2.05) is 19.9 Å². The number of nitrogens with zero attached hydrogens (tertiary/aromatic N) is 1. The number of anilines is 2. The first-order valence-corrected chi connectivity index (χ1v) is 10.1. The Hall–Kier alpha value is -2.54. The van der Waals surface area contributed by atoms with Crippen LogP contribution >= 0.6 is 0 Å². The van der Waals surface area contributed by atoms with Gasteiger partial charge in [-0.1, -0.05) is 12.1 Å². The zero-order valence-electron chi connectivity index (χ0n) is 15.6. The Bertz CT molecular complexity index is 908. The van der Waals surface area contributed by atoms with Crippen LogP contribution in [0.4, 0.5) is 11.4 Å². The van der Waals surface area contributed by atoms with E-state index in [-0.39, 0.29) is 12.0 Å². The number of carbonyl (C=O) groups excluding carboxylic acids is 1. The predicted octanol–water partition coefficient (Wildman–Crippen LogP) is 3.43. The number of carbonyl (C=O) groups is 1. The minimum atomic E-state index is -3.41. The van der Waals surface area contributed by atoms with Gasteiger partial charge in [-0.3, -0.25) is 9.10 Å². The van der Waals surface area contributed by atoms with E-state index in [9.17, 15) is 13.2 Å². The molecule has 0 saturated heterocycles. The average molecular weight is 376 g/mol. The molecule has 0 unspecified atom stereocenters. The van der Waals surface area contributed by atoms with Crippen molar-refractivity contribution in [2.75, 3.05) is 22.9 Å². The molecule has 6 nitrogen and oxygen atoms in total. The number of nitrogens with one attached hydrogen (secondary N) is 1. The molecule has 0 atom stereocenters. The third-order valence-corrected chi connectivity index (χ3v) is 5.04. The van der Waals surface area contributed by atoms with E-state index < -0.39 is 10.0 Å². The maximum Gasteiger partial charge on any atom is 0.256 e. The van der Waals surface area contributed by atoms with E-state index in [2.05, 4.69) is 5.32 Å². The summed E-state index contributed by atoms with van der Waals surface area (Å²) in [6, 6.07) is 12.1. The van der Waals surface area contributed by atoms with Crippen LogP contribution in [0.15, 0.2) is 42.5 Å². The molecule has 0 saturated carbocycles. The van der Waals surface area contributed by atoms with Crippen molar-refractivity contribution in [3.8, 4) is 5.75 Å². The minimum Gasteiger partial charge on any atom is -0.491 e. The standard InChI is InChI=1S/C19H24N2O4S/c1-13(2)25-16-9-6-8-15(12-16)20-19(22)17-10-7-11-18(14(17)3)21(4)26(5,23)24/h6-13H,1-5H3,(H,20,22). The number of sulfonamides is 1. The van der Waals surface area contributed by atoms with Crippen molar-refractivity contribution in [2.45, 2.75) is 26.9 Å². The van der Waals surface area contributed by atoms with Gasteiger partial charge in [0.05, 0.1) is 18.0 Å². The van der Waals surface area contributed by atoms with Crippen molar-refractivity contribution in [3.05, 3.63) is 53.6 Å². The lowest BCUT2D eigenvalue weighted by atomic mass is 10.1. The van der Waals surface area contributed by atoms with Gasteiger partial charge in [0.25, 0.3) is 5.91 Å². The SMILES string of the molecule is Cc1c(C(=O)Nc2cccc(OC(C)C)c2)cccc1N(C)S(C)(=O)=O. The molecule has 0 aliphatic rings. The number of hydrogen-bond donors (Lipinski definition) is 1. The molecule has 1 N–H and O–H groups in total. The van der Waals surface area contributed by atoms with Gasteiger partial charge >= 0.3 is 0 Å². The fraction of sp³-hybridized carbons (Fsp3) is 0.316. The third kappa shape index (κ3) is 4.76. The highest BCUT2D eigenvalue weighted by atomic mass is 32.2. The summed E-state index contributed by atoms with van der Waals surface area (Å²) in [5.74, 6) is 0.355. The summed E-state index contributed by atoms with van der Waals surface area (Å²) >= 11 is 0. The molecule has 0 aliphatic heterocycles. The fourth-order valence-corrected chi connectivity index (χ4v) is 3.06. The van der Waals surface area contributed by atoms with Crippen LogP contribution in [0.2, 0.25) is 0 Å². The number of hydrogen-bond acceptors (Lipinski definition) is 4. The summed E-state index contributed by atoms with van der Waals surface area (Å²) in [6.07, 6.45) is 1.16. The topological polar surface area (TPSA) is 75.7 Å². The quantitative estimate of drug-likeness (QED) is 0.838. The van der Waals surface area contributed by atoms with Gasteiger partial charge in [-0.2, -0.15) is 0 Å². The molecule has 1 amide bonds. The molecule has 0 heterocycles. The first-order chi connectivity index (χ1) is 12.1. The Kier molecular flexibility index (Phi) is 5.92. The van der Waals surface area contributed by atoms with Crippen molar-refractivity contribution in [1.82, 2.24) is 0 Å². The van der Waals surface area contributed by atoms with Gasteiger partial charge in [0, 0.05) is 24.4 Å². The third-order valence-electron chi connectivity index (χ3n) is 3.85. The molecule has 2 aromatic carbocycles. The van der Waals surface area contributed by atoms with Crippen LogP contribution in [-0.4, -0.2) is 33.7 Å². The lowest BCUT2D eigenvalue weighted by Gasteiger charge is -2.20. The predicted molar refractivity (Wildman–Crippen MR) is 105 cm³/mol. The highest BCUT2D eigenvalue weighted by Crippen LogP contribution is 2.25. The van der Waals surface area contributed by atoms with Crippen molar-refractivity contribution < 1.29 is 17.9 Å². The molecule has 0 spiro atoms. The summed E-state index contributed by atoms with van der Waals surface area (Å²) < 4.78 is 30.4. The highest BCUT2D eigenvalue weighted by Gasteiger charge is 2.18. The van der Waals surface area contributed by atoms with Crippen LogP contribution in [0.5, 0.6) is 5.75 Å². The molecule has 140 valence electrons. The number of ether oxygens (including phenoxy) is 1. The zero-order valence-corrected chi connectivity index (χ0v) is 16.4. The molecule has 2 rings (SSSR count). The summed E-state index contributed by atoms with van der Waals surface area (Å²) in [5.41, 5.74) is 2.08. The molecule has 0 fully saturated rings.